The number of H-pyrrole nitrogens is 1. The van der Waals surface area contributed by atoms with Gasteiger partial charge >= 0.3 is 5.97 Å². The Labute approximate surface area is 116 Å². The zero-order valence-corrected chi connectivity index (χ0v) is 11.5. The number of rotatable bonds is 5. The third-order valence-corrected chi connectivity index (χ3v) is 3.63. The van der Waals surface area contributed by atoms with Crippen LogP contribution in [0.3, 0.4) is 0 Å². The molecule has 0 spiro atoms. The van der Waals surface area contributed by atoms with Crippen LogP contribution in [-0.2, 0) is 11.2 Å². The number of aliphatic carboxylic acids is 1. The Balaban J connectivity index is 2.38. The van der Waals surface area contributed by atoms with Crippen molar-refractivity contribution >= 4 is 28.5 Å². The average molecular weight is 281 g/mol. The van der Waals surface area contributed by atoms with Crippen LogP contribution in [0.4, 0.5) is 0 Å². The summed E-state index contributed by atoms with van der Waals surface area (Å²) in [6.07, 6.45) is 0.967. The molecule has 1 heterocycles. The van der Waals surface area contributed by atoms with Crippen LogP contribution in [0.15, 0.2) is 18.2 Å². The van der Waals surface area contributed by atoms with E-state index in [-0.39, 0.29) is 0 Å². The van der Waals surface area contributed by atoms with Crippen LogP contribution in [0.5, 0.6) is 0 Å². The van der Waals surface area contributed by atoms with E-state index in [0.29, 0.717) is 24.4 Å². The molecule has 1 unspecified atom stereocenters. The molecule has 0 saturated carbocycles. The Morgan fingerprint density at radius 1 is 1.53 bits per heavy atom. The van der Waals surface area contributed by atoms with Gasteiger partial charge in [-0.2, -0.15) is 0 Å². The van der Waals surface area contributed by atoms with Crippen molar-refractivity contribution in [3.8, 4) is 0 Å². The third-order valence-electron chi connectivity index (χ3n) is 3.40. The quantitative estimate of drug-likeness (QED) is 0.788. The summed E-state index contributed by atoms with van der Waals surface area (Å²) in [5.41, 5.74) is 8.44. The van der Waals surface area contributed by atoms with Crippen LogP contribution in [0.1, 0.15) is 17.7 Å². The second-order valence-electron chi connectivity index (χ2n) is 4.74. The highest BCUT2D eigenvalue weighted by Crippen LogP contribution is 2.27. The molecule has 2 aromatic rings. The molecule has 2 rings (SSSR count). The molecule has 4 nitrogen and oxygen atoms in total. The maximum atomic E-state index is 11.2. The van der Waals surface area contributed by atoms with Crippen LogP contribution in [-0.4, -0.2) is 22.6 Å². The van der Waals surface area contributed by atoms with Crippen molar-refractivity contribution < 1.29 is 9.90 Å². The monoisotopic (exact) mass is 280 g/mol. The number of aryl methyl sites for hydroxylation is 1. The molecular weight excluding hydrogens is 264 g/mol. The molecule has 5 heteroatoms. The Morgan fingerprint density at radius 2 is 2.26 bits per heavy atom. The molecular formula is C14H17ClN2O2. The second-order valence-corrected chi connectivity index (χ2v) is 5.17. The standard InChI is InChI=1S/C14H17ClN2O2/c1-8-12(6-9(4-5-16)14(18)19)11-3-2-10(15)7-13(11)17-8/h2-3,7,9,17H,4-6,16H2,1H3,(H,18,19). The van der Waals surface area contributed by atoms with Gasteiger partial charge in [-0.1, -0.05) is 17.7 Å². The molecule has 0 bridgehead atoms. The average Bonchev–Trinajstić information content (AvgIpc) is 2.64. The minimum atomic E-state index is -0.798. The molecule has 0 aliphatic carbocycles. The molecule has 0 fully saturated rings. The van der Waals surface area contributed by atoms with Crippen molar-refractivity contribution in [2.75, 3.05) is 6.54 Å². The number of nitrogens with two attached hydrogens (primary N) is 1. The molecule has 19 heavy (non-hydrogen) atoms. The number of hydrogen-bond donors (Lipinski definition) is 3. The molecule has 0 radical (unpaired) electrons. The van der Waals surface area contributed by atoms with Gasteiger partial charge in [0.2, 0.25) is 0 Å². The van der Waals surface area contributed by atoms with Gasteiger partial charge in [0, 0.05) is 21.6 Å². The summed E-state index contributed by atoms with van der Waals surface area (Å²) in [5.74, 6) is -1.24. The third kappa shape index (κ3) is 2.91. The summed E-state index contributed by atoms with van der Waals surface area (Å²) >= 11 is 5.96. The molecule has 0 amide bonds. The van der Waals surface area contributed by atoms with Gasteiger partial charge in [-0.25, -0.2) is 0 Å². The van der Waals surface area contributed by atoms with Gasteiger partial charge in [-0.3, -0.25) is 4.79 Å². The number of fused-ring (bicyclic) bond motifs is 1. The first-order valence-electron chi connectivity index (χ1n) is 6.22. The Morgan fingerprint density at radius 3 is 2.89 bits per heavy atom. The molecule has 0 aliphatic rings. The van der Waals surface area contributed by atoms with E-state index in [4.69, 9.17) is 17.3 Å². The van der Waals surface area contributed by atoms with Gasteiger partial charge in [0.15, 0.2) is 0 Å². The maximum absolute atomic E-state index is 11.2. The minimum Gasteiger partial charge on any atom is -0.481 e. The van der Waals surface area contributed by atoms with E-state index in [9.17, 15) is 9.90 Å². The number of carboxylic acids is 1. The predicted octanol–water partition coefficient (Wildman–Crippen LogP) is 2.72. The minimum absolute atomic E-state index is 0.379. The Hall–Kier alpha value is -1.52. The maximum Gasteiger partial charge on any atom is 0.306 e. The SMILES string of the molecule is Cc1[nH]c2cc(Cl)ccc2c1CC(CCN)C(=O)O. The number of aromatic amines is 1. The first-order chi connectivity index (χ1) is 9.02. The first-order valence-corrected chi connectivity index (χ1v) is 6.60. The Kier molecular flexibility index (Phi) is 4.12. The summed E-state index contributed by atoms with van der Waals surface area (Å²) in [5, 5.41) is 10.9. The van der Waals surface area contributed by atoms with E-state index < -0.39 is 11.9 Å². The fourth-order valence-corrected chi connectivity index (χ4v) is 2.56. The number of hydrogen-bond acceptors (Lipinski definition) is 2. The summed E-state index contributed by atoms with van der Waals surface area (Å²) in [4.78, 5) is 14.5. The van der Waals surface area contributed by atoms with E-state index in [1.54, 1.807) is 0 Å². The zero-order valence-electron chi connectivity index (χ0n) is 10.7. The van der Waals surface area contributed by atoms with Crippen molar-refractivity contribution in [1.82, 2.24) is 4.98 Å². The molecule has 0 aliphatic heterocycles. The highest BCUT2D eigenvalue weighted by Gasteiger charge is 2.20. The lowest BCUT2D eigenvalue weighted by Gasteiger charge is -2.11. The summed E-state index contributed by atoms with van der Waals surface area (Å²) in [6.45, 7) is 2.33. The van der Waals surface area contributed by atoms with Gasteiger partial charge < -0.3 is 15.8 Å². The van der Waals surface area contributed by atoms with Crippen LogP contribution in [0.25, 0.3) is 10.9 Å². The number of carbonyl (C=O) groups is 1. The fourth-order valence-electron chi connectivity index (χ4n) is 2.39. The highest BCUT2D eigenvalue weighted by molar-refractivity contribution is 6.31. The number of aromatic nitrogens is 1. The van der Waals surface area contributed by atoms with Crippen molar-refractivity contribution in [2.45, 2.75) is 19.8 Å². The number of halogens is 1. The summed E-state index contributed by atoms with van der Waals surface area (Å²) in [7, 11) is 0. The van der Waals surface area contributed by atoms with E-state index in [1.165, 1.54) is 0 Å². The molecule has 102 valence electrons. The van der Waals surface area contributed by atoms with E-state index >= 15 is 0 Å². The molecule has 1 atom stereocenters. The Bertz CT molecular complexity index is 607. The van der Waals surface area contributed by atoms with Crippen LogP contribution in [0, 0.1) is 12.8 Å². The number of nitrogens with one attached hydrogen (secondary N) is 1. The van der Waals surface area contributed by atoms with Crippen LogP contribution in [0.2, 0.25) is 5.02 Å². The van der Waals surface area contributed by atoms with E-state index in [0.717, 1.165) is 22.2 Å². The molecule has 0 saturated heterocycles. The fraction of sp³-hybridized carbons (Fsp3) is 0.357. The summed E-state index contributed by atoms with van der Waals surface area (Å²) in [6, 6.07) is 5.60. The molecule has 4 N–H and O–H groups in total. The zero-order chi connectivity index (χ0) is 14.0. The lowest BCUT2D eigenvalue weighted by Crippen LogP contribution is -2.20. The molecule has 1 aromatic carbocycles. The topological polar surface area (TPSA) is 79.1 Å². The highest BCUT2D eigenvalue weighted by atomic mass is 35.5. The predicted molar refractivity (Wildman–Crippen MR) is 76.5 cm³/mol. The number of carboxylic acid groups (broad SMARTS) is 1. The van der Waals surface area contributed by atoms with Gasteiger partial charge in [0.25, 0.3) is 0 Å². The summed E-state index contributed by atoms with van der Waals surface area (Å²) < 4.78 is 0. The van der Waals surface area contributed by atoms with Crippen LogP contribution >= 0.6 is 11.6 Å². The second kappa shape index (κ2) is 5.63. The van der Waals surface area contributed by atoms with Gasteiger partial charge in [-0.15, -0.1) is 0 Å². The largest absolute Gasteiger partial charge is 0.481 e. The number of benzene rings is 1. The lowest BCUT2D eigenvalue weighted by molar-refractivity contribution is -0.141. The lowest BCUT2D eigenvalue weighted by atomic mass is 9.94. The van der Waals surface area contributed by atoms with Crippen molar-refractivity contribution in [2.24, 2.45) is 11.7 Å². The first kappa shape index (κ1) is 13.9. The van der Waals surface area contributed by atoms with Crippen LogP contribution < -0.4 is 5.73 Å². The molecule has 1 aromatic heterocycles. The van der Waals surface area contributed by atoms with Gasteiger partial charge in [-0.05, 0) is 44.0 Å². The van der Waals surface area contributed by atoms with Crippen molar-refractivity contribution in [3.05, 3.63) is 34.5 Å². The van der Waals surface area contributed by atoms with Crippen molar-refractivity contribution in [3.63, 3.8) is 0 Å². The smallest absolute Gasteiger partial charge is 0.306 e. The van der Waals surface area contributed by atoms with E-state index in [1.807, 2.05) is 25.1 Å². The van der Waals surface area contributed by atoms with E-state index in [2.05, 4.69) is 4.98 Å². The normalized spacial score (nSPS) is 12.8. The van der Waals surface area contributed by atoms with Crippen molar-refractivity contribution in [1.29, 1.82) is 0 Å². The van der Waals surface area contributed by atoms with Gasteiger partial charge in [0.05, 0.1) is 5.92 Å². The van der Waals surface area contributed by atoms with Gasteiger partial charge in [0.1, 0.15) is 0 Å².